The van der Waals surface area contributed by atoms with Crippen LogP contribution in [-0.2, 0) is 14.8 Å². The molecule has 1 aromatic heterocycles. The Kier molecular flexibility index (Phi) is 6.22. The molecule has 1 heterocycles. The molecule has 164 valence electrons. The van der Waals surface area contributed by atoms with E-state index >= 15 is 0 Å². The monoisotopic (exact) mass is 441 g/mol. The lowest BCUT2D eigenvalue weighted by Crippen LogP contribution is -2.38. The van der Waals surface area contributed by atoms with Gasteiger partial charge in [-0.15, -0.1) is 0 Å². The van der Waals surface area contributed by atoms with Crippen molar-refractivity contribution in [3.8, 4) is 0 Å². The molecule has 0 aliphatic carbocycles. The molecule has 0 aliphatic heterocycles. The molecule has 1 amide bonds. The molecule has 3 aromatic rings. The third-order valence-corrected chi connectivity index (χ3v) is 6.82. The summed E-state index contributed by atoms with van der Waals surface area (Å²) in [5, 5.41) is 6.59. The molecule has 0 bridgehead atoms. The fourth-order valence-electron chi connectivity index (χ4n) is 3.74. The van der Waals surface area contributed by atoms with Crippen LogP contribution in [0.4, 0.5) is 11.4 Å². The zero-order chi connectivity index (χ0) is 22.9. The van der Waals surface area contributed by atoms with Gasteiger partial charge in [0.1, 0.15) is 12.2 Å². The van der Waals surface area contributed by atoms with Gasteiger partial charge in [-0.2, -0.15) is 0 Å². The van der Waals surface area contributed by atoms with E-state index in [0.717, 1.165) is 26.6 Å². The highest BCUT2D eigenvalue weighted by Gasteiger charge is 2.33. The quantitative estimate of drug-likeness (QED) is 0.614. The van der Waals surface area contributed by atoms with Crippen LogP contribution < -0.4 is 9.62 Å². The smallest absolute Gasteiger partial charge is 0.270 e. The predicted molar refractivity (Wildman–Crippen MR) is 121 cm³/mol. The van der Waals surface area contributed by atoms with Crippen LogP contribution in [0, 0.1) is 41.5 Å². The summed E-state index contributed by atoms with van der Waals surface area (Å²) < 4.78 is 33.4. The minimum Gasteiger partial charge on any atom is -0.360 e. The van der Waals surface area contributed by atoms with E-state index in [-0.39, 0.29) is 22.9 Å². The van der Waals surface area contributed by atoms with Crippen LogP contribution in [0.1, 0.15) is 33.7 Å². The Morgan fingerprint density at radius 2 is 1.42 bits per heavy atom. The van der Waals surface area contributed by atoms with Gasteiger partial charge in [-0.25, -0.2) is 8.42 Å². The number of benzene rings is 2. The van der Waals surface area contributed by atoms with Crippen molar-refractivity contribution in [2.45, 2.75) is 46.4 Å². The molecule has 0 radical (unpaired) electrons. The molecule has 0 unspecified atom stereocenters. The second-order valence-electron chi connectivity index (χ2n) is 7.94. The number of nitrogens with one attached hydrogen (secondary N) is 1. The second kappa shape index (κ2) is 8.55. The number of hydrogen-bond donors (Lipinski definition) is 1. The van der Waals surface area contributed by atoms with Crippen molar-refractivity contribution in [2.24, 2.45) is 0 Å². The van der Waals surface area contributed by atoms with E-state index in [1.165, 1.54) is 0 Å². The van der Waals surface area contributed by atoms with Crippen molar-refractivity contribution in [3.63, 3.8) is 0 Å². The second-order valence-corrected chi connectivity index (χ2v) is 9.73. The van der Waals surface area contributed by atoms with Crippen molar-refractivity contribution in [1.29, 1.82) is 0 Å². The predicted octanol–water partition coefficient (Wildman–Crippen LogP) is 4.36. The summed E-state index contributed by atoms with van der Waals surface area (Å²) in [6.07, 6.45) is 0. The molecule has 7 nitrogen and oxygen atoms in total. The third-order valence-electron chi connectivity index (χ3n) is 4.80. The van der Waals surface area contributed by atoms with Gasteiger partial charge in [-0.1, -0.05) is 17.3 Å². The first kappa shape index (κ1) is 22.6. The number of rotatable bonds is 6. The van der Waals surface area contributed by atoms with E-state index in [4.69, 9.17) is 4.52 Å². The topological polar surface area (TPSA) is 92.5 Å². The summed E-state index contributed by atoms with van der Waals surface area (Å²) in [5.74, 6) is -0.263. The fraction of sp³-hybridized carbons (Fsp3) is 0.304. The Morgan fingerprint density at radius 1 is 0.903 bits per heavy atom. The molecule has 8 heteroatoms. The Morgan fingerprint density at radius 3 is 1.90 bits per heavy atom. The van der Waals surface area contributed by atoms with Gasteiger partial charge in [-0.05, 0) is 88.1 Å². The van der Waals surface area contributed by atoms with Gasteiger partial charge in [0.25, 0.3) is 10.0 Å². The zero-order valence-electron chi connectivity index (χ0n) is 18.6. The Labute approximate surface area is 183 Å². The minimum atomic E-state index is -4.09. The third kappa shape index (κ3) is 4.96. The summed E-state index contributed by atoms with van der Waals surface area (Å²) in [7, 11) is -4.09. The van der Waals surface area contributed by atoms with E-state index < -0.39 is 15.9 Å². The lowest BCUT2D eigenvalue weighted by Gasteiger charge is -2.24. The van der Waals surface area contributed by atoms with Gasteiger partial charge in [0.2, 0.25) is 5.91 Å². The number of carbonyl (C=O) groups is 1. The van der Waals surface area contributed by atoms with Crippen LogP contribution in [0.3, 0.4) is 0 Å². The lowest BCUT2D eigenvalue weighted by molar-refractivity contribution is -0.114. The standard InChI is InChI=1S/C23H27N3O4S/c1-14-7-15(2)10-20(9-14)24-22(27)13-26(21-11-16(3)8-17(4)12-21)31(28,29)23-18(5)25-30-19(23)6/h7-12H,13H2,1-6H3,(H,24,27). The first-order valence-electron chi connectivity index (χ1n) is 9.89. The number of aromatic nitrogens is 1. The Bertz CT molecular complexity index is 1190. The molecule has 3 rings (SSSR count). The van der Waals surface area contributed by atoms with Crippen LogP contribution >= 0.6 is 0 Å². The van der Waals surface area contributed by atoms with Gasteiger partial charge in [0.05, 0.1) is 5.69 Å². The van der Waals surface area contributed by atoms with Crippen LogP contribution in [-0.4, -0.2) is 26.0 Å². The Hall–Kier alpha value is -3.13. The minimum absolute atomic E-state index is 0.0224. The molecule has 2 aromatic carbocycles. The number of amides is 1. The van der Waals surface area contributed by atoms with Crippen molar-refractivity contribution < 1.29 is 17.7 Å². The van der Waals surface area contributed by atoms with E-state index in [2.05, 4.69) is 10.5 Å². The van der Waals surface area contributed by atoms with Crippen molar-refractivity contribution in [2.75, 3.05) is 16.2 Å². The van der Waals surface area contributed by atoms with E-state index in [1.807, 2.05) is 52.0 Å². The maximum absolute atomic E-state index is 13.6. The molecule has 0 spiro atoms. The molecule has 31 heavy (non-hydrogen) atoms. The average Bonchev–Trinajstić information content (AvgIpc) is 2.97. The van der Waals surface area contributed by atoms with Crippen LogP contribution in [0.15, 0.2) is 45.8 Å². The summed E-state index contributed by atoms with van der Waals surface area (Å²) >= 11 is 0. The summed E-state index contributed by atoms with van der Waals surface area (Å²) in [5.41, 5.74) is 5.08. The highest BCUT2D eigenvalue weighted by Crippen LogP contribution is 2.29. The number of sulfonamides is 1. The molecule has 1 N–H and O–H groups in total. The van der Waals surface area contributed by atoms with Gasteiger partial charge in [0.15, 0.2) is 10.7 Å². The summed E-state index contributed by atoms with van der Waals surface area (Å²) in [6.45, 7) is 10.4. The maximum Gasteiger partial charge on any atom is 0.270 e. The van der Waals surface area contributed by atoms with Crippen molar-refractivity contribution in [3.05, 3.63) is 70.1 Å². The summed E-state index contributed by atoms with van der Waals surface area (Å²) in [4.78, 5) is 12.9. The SMILES string of the molecule is Cc1cc(C)cc(NC(=O)CN(c2cc(C)cc(C)c2)S(=O)(=O)c2c(C)noc2C)c1. The van der Waals surface area contributed by atoms with Gasteiger partial charge < -0.3 is 9.84 Å². The van der Waals surface area contributed by atoms with Gasteiger partial charge in [0, 0.05) is 5.69 Å². The van der Waals surface area contributed by atoms with Crippen molar-refractivity contribution in [1.82, 2.24) is 5.16 Å². The van der Waals surface area contributed by atoms with Crippen molar-refractivity contribution >= 4 is 27.3 Å². The highest BCUT2D eigenvalue weighted by atomic mass is 32.2. The molecule has 0 aliphatic rings. The van der Waals surface area contributed by atoms with Crippen LogP contribution in [0.2, 0.25) is 0 Å². The lowest BCUT2D eigenvalue weighted by atomic mass is 10.1. The Balaban J connectivity index is 2.03. The number of aryl methyl sites for hydroxylation is 6. The van der Waals surface area contributed by atoms with E-state index in [9.17, 15) is 13.2 Å². The maximum atomic E-state index is 13.6. The number of anilines is 2. The normalized spacial score (nSPS) is 11.4. The van der Waals surface area contributed by atoms with Gasteiger partial charge in [-0.3, -0.25) is 9.10 Å². The molecule has 0 saturated carbocycles. The molecule has 0 fully saturated rings. The first-order valence-corrected chi connectivity index (χ1v) is 11.3. The van der Waals surface area contributed by atoms with Gasteiger partial charge >= 0.3 is 0 Å². The van der Waals surface area contributed by atoms with Crippen LogP contribution in [0.5, 0.6) is 0 Å². The number of carbonyl (C=O) groups excluding carboxylic acids is 1. The fourth-order valence-corrected chi connectivity index (χ4v) is 5.44. The van der Waals surface area contributed by atoms with Crippen LogP contribution in [0.25, 0.3) is 0 Å². The van der Waals surface area contributed by atoms with E-state index in [1.54, 1.807) is 26.0 Å². The molecular weight excluding hydrogens is 414 g/mol. The number of hydrogen-bond acceptors (Lipinski definition) is 5. The molecule has 0 saturated heterocycles. The molecular formula is C23H27N3O4S. The van der Waals surface area contributed by atoms with E-state index in [0.29, 0.717) is 11.4 Å². The number of nitrogens with zero attached hydrogens (tertiary/aromatic N) is 2. The largest absolute Gasteiger partial charge is 0.360 e. The average molecular weight is 442 g/mol. The first-order chi connectivity index (χ1) is 14.5. The zero-order valence-corrected chi connectivity index (χ0v) is 19.4. The highest BCUT2D eigenvalue weighted by molar-refractivity contribution is 7.93. The molecule has 0 atom stereocenters. The summed E-state index contributed by atoms with van der Waals surface area (Å²) in [6, 6.07) is 11.1.